The van der Waals surface area contributed by atoms with Crippen LogP contribution in [0.5, 0.6) is 0 Å². The van der Waals surface area contributed by atoms with Crippen LogP contribution in [0.2, 0.25) is 0 Å². The Morgan fingerprint density at radius 3 is 2.46 bits per heavy atom. The van der Waals surface area contributed by atoms with Crippen LogP contribution in [0.4, 0.5) is 0 Å². The van der Waals surface area contributed by atoms with E-state index in [1.807, 2.05) is 0 Å². The summed E-state index contributed by atoms with van der Waals surface area (Å²) in [5, 5.41) is 3.26. The van der Waals surface area contributed by atoms with Crippen molar-refractivity contribution in [2.24, 2.45) is 0 Å². The second-order valence-electron chi connectivity index (χ2n) is 3.56. The second-order valence-corrected chi connectivity index (χ2v) is 3.56. The summed E-state index contributed by atoms with van der Waals surface area (Å²) in [5.74, 6) is 0. The average Bonchev–Trinajstić information content (AvgIpc) is 2.14. The first kappa shape index (κ1) is 12.6. The summed E-state index contributed by atoms with van der Waals surface area (Å²) in [4.78, 5) is 10.2. The van der Waals surface area contributed by atoms with Crippen molar-refractivity contribution in [3.63, 3.8) is 0 Å². The molecule has 0 aliphatic rings. The number of unbranched alkanes of at least 4 members (excludes halogenated alkanes) is 2. The summed E-state index contributed by atoms with van der Waals surface area (Å²) in [5.41, 5.74) is 0. The van der Waals surface area contributed by atoms with Crippen LogP contribution in [0.25, 0.3) is 0 Å². The minimum absolute atomic E-state index is 0.511. The lowest BCUT2D eigenvalue weighted by Crippen LogP contribution is -2.30. The number of rotatable bonds is 9. The Labute approximate surface area is 82.1 Å². The zero-order chi connectivity index (χ0) is 9.94. The Morgan fingerprint density at radius 2 is 1.92 bits per heavy atom. The van der Waals surface area contributed by atoms with E-state index in [1.165, 1.54) is 38.5 Å². The standard InChI is InChI=1S/C11H23NO/c1-3-5-6-8-11(7-4-2)12-9-10-13/h10-12H,3-9H2,1-2H3. The number of carbonyl (C=O) groups is 1. The van der Waals surface area contributed by atoms with Crippen LogP contribution < -0.4 is 5.32 Å². The number of carbonyl (C=O) groups excluding carboxylic acids is 1. The second kappa shape index (κ2) is 9.72. The maximum Gasteiger partial charge on any atom is 0.133 e. The molecule has 1 N–H and O–H groups in total. The van der Waals surface area contributed by atoms with Crippen molar-refractivity contribution in [2.45, 2.75) is 58.4 Å². The molecule has 0 saturated heterocycles. The molecule has 1 unspecified atom stereocenters. The first-order chi connectivity index (χ1) is 6.35. The molecule has 0 fully saturated rings. The average molecular weight is 185 g/mol. The van der Waals surface area contributed by atoms with E-state index in [0.29, 0.717) is 12.6 Å². The van der Waals surface area contributed by atoms with Crippen LogP contribution in [0.1, 0.15) is 52.4 Å². The van der Waals surface area contributed by atoms with E-state index in [-0.39, 0.29) is 0 Å². The fraction of sp³-hybridized carbons (Fsp3) is 0.909. The molecule has 0 bridgehead atoms. The highest BCUT2D eigenvalue weighted by Crippen LogP contribution is 2.07. The number of hydrogen-bond donors (Lipinski definition) is 1. The molecular weight excluding hydrogens is 162 g/mol. The lowest BCUT2D eigenvalue weighted by Gasteiger charge is -2.15. The third-order valence-corrected chi connectivity index (χ3v) is 2.28. The van der Waals surface area contributed by atoms with Gasteiger partial charge < -0.3 is 10.1 Å². The largest absolute Gasteiger partial charge is 0.307 e. The summed E-state index contributed by atoms with van der Waals surface area (Å²) in [6.07, 6.45) is 8.42. The molecule has 0 amide bonds. The summed E-state index contributed by atoms with van der Waals surface area (Å²) < 4.78 is 0. The molecule has 0 spiro atoms. The molecule has 0 aliphatic heterocycles. The molecule has 0 aromatic carbocycles. The number of hydrogen-bond acceptors (Lipinski definition) is 2. The predicted molar refractivity (Wildman–Crippen MR) is 56.9 cm³/mol. The van der Waals surface area contributed by atoms with Gasteiger partial charge in [0.15, 0.2) is 0 Å². The summed E-state index contributed by atoms with van der Waals surface area (Å²) in [6, 6.07) is 0.557. The smallest absolute Gasteiger partial charge is 0.133 e. The molecule has 0 aliphatic carbocycles. The molecule has 0 aromatic heterocycles. The lowest BCUT2D eigenvalue weighted by molar-refractivity contribution is -0.107. The fourth-order valence-electron chi connectivity index (χ4n) is 1.55. The van der Waals surface area contributed by atoms with Crippen LogP contribution in [0.3, 0.4) is 0 Å². The Hall–Kier alpha value is -0.370. The van der Waals surface area contributed by atoms with E-state index < -0.39 is 0 Å². The van der Waals surface area contributed by atoms with E-state index >= 15 is 0 Å². The molecule has 0 heterocycles. The molecule has 2 heteroatoms. The van der Waals surface area contributed by atoms with Crippen LogP contribution >= 0.6 is 0 Å². The highest BCUT2D eigenvalue weighted by atomic mass is 16.1. The van der Waals surface area contributed by atoms with Crippen LogP contribution in [0, 0.1) is 0 Å². The highest BCUT2D eigenvalue weighted by molar-refractivity contribution is 5.51. The van der Waals surface area contributed by atoms with Gasteiger partial charge in [0.1, 0.15) is 6.29 Å². The Balaban J connectivity index is 3.46. The van der Waals surface area contributed by atoms with Gasteiger partial charge in [-0.05, 0) is 12.8 Å². The third kappa shape index (κ3) is 7.97. The predicted octanol–water partition coefficient (Wildman–Crippen LogP) is 2.52. The van der Waals surface area contributed by atoms with Crippen LogP contribution in [-0.4, -0.2) is 18.9 Å². The maximum absolute atomic E-state index is 10.2. The van der Waals surface area contributed by atoms with Gasteiger partial charge in [0.2, 0.25) is 0 Å². The van der Waals surface area contributed by atoms with Gasteiger partial charge in [-0.1, -0.05) is 39.5 Å². The van der Waals surface area contributed by atoms with E-state index in [9.17, 15) is 4.79 Å². The molecule has 2 nitrogen and oxygen atoms in total. The number of nitrogens with one attached hydrogen (secondary N) is 1. The van der Waals surface area contributed by atoms with Gasteiger partial charge >= 0.3 is 0 Å². The molecule has 1 atom stereocenters. The van der Waals surface area contributed by atoms with Gasteiger partial charge in [0.05, 0.1) is 6.54 Å². The quantitative estimate of drug-likeness (QED) is 0.442. The minimum atomic E-state index is 0.511. The van der Waals surface area contributed by atoms with Crippen molar-refractivity contribution in [3.8, 4) is 0 Å². The zero-order valence-corrected chi connectivity index (χ0v) is 9.01. The fourth-order valence-corrected chi connectivity index (χ4v) is 1.55. The monoisotopic (exact) mass is 185 g/mol. The normalized spacial score (nSPS) is 12.8. The zero-order valence-electron chi connectivity index (χ0n) is 9.01. The van der Waals surface area contributed by atoms with Crippen molar-refractivity contribution < 1.29 is 4.79 Å². The highest BCUT2D eigenvalue weighted by Gasteiger charge is 2.04. The molecule has 0 aromatic rings. The van der Waals surface area contributed by atoms with Crippen molar-refractivity contribution in [1.82, 2.24) is 5.32 Å². The summed E-state index contributed by atoms with van der Waals surface area (Å²) in [6.45, 7) is 4.92. The van der Waals surface area contributed by atoms with Gasteiger partial charge in [-0.15, -0.1) is 0 Å². The minimum Gasteiger partial charge on any atom is -0.307 e. The molecule has 0 rings (SSSR count). The van der Waals surface area contributed by atoms with E-state index in [0.717, 1.165) is 6.29 Å². The molecule has 0 saturated carbocycles. The Bertz CT molecular complexity index is 115. The Morgan fingerprint density at radius 1 is 1.15 bits per heavy atom. The molecule has 13 heavy (non-hydrogen) atoms. The topological polar surface area (TPSA) is 29.1 Å². The summed E-state index contributed by atoms with van der Waals surface area (Å²) >= 11 is 0. The maximum atomic E-state index is 10.2. The third-order valence-electron chi connectivity index (χ3n) is 2.28. The van der Waals surface area contributed by atoms with Gasteiger partial charge in [0.25, 0.3) is 0 Å². The van der Waals surface area contributed by atoms with Gasteiger partial charge in [-0.25, -0.2) is 0 Å². The summed E-state index contributed by atoms with van der Waals surface area (Å²) in [7, 11) is 0. The van der Waals surface area contributed by atoms with Gasteiger partial charge in [-0.2, -0.15) is 0 Å². The lowest BCUT2D eigenvalue weighted by atomic mass is 10.0. The van der Waals surface area contributed by atoms with Crippen molar-refractivity contribution in [3.05, 3.63) is 0 Å². The van der Waals surface area contributed by atoms with Crippen molar-refractivity contribution >= 4 is 6.29 Å². The molecular formula is C11H23NO. The van der Waals surface area contributed by atoms with E-state index in [1.54, 1.807) is 0 Å². The van der Waals surface area contributed by atoms with E-state index in [4.69, 9.17) is 0 Å². The van der Waals surface area contributed by atoms with Gasteiger partial charge in [-0.3, -0.25) is 0 Å². The first-order valence-corrected chi connectivity index (χ1v) is 5.52. The van der Waals surface area contributed by atoms with E-state index in [2.05, 4.69) is 19.2 Å². The van der Waals surface area contributed by atoms with Crippen molar-refractivity contribution in [1.29, 1.82) is 0 Å². The van der Waals surface area contributed by atoms with Crippen LogP contribution in [0.15, 0.2) is 0 Å². The first-order valence-electron chi connectivity index (χ1n) is 5.52. The van der Waals surface area contributed by atoms with Crippen molar-refractivity contribution in [2.75, 3.05) is 6.54 Å². The Kier molecular flexibility index (Phi) is 9.44. The SMILES string of the molecule is CCCCCC(CCC)NCC=O. The molecule has 78 valence electrons. The van der Waals surface area contributed by atoms with Crippen LogP contribution in [-0.2, 0) is 4.79 Å². The number of aldehydes is 1. The molecule has 0 radical (unpaired) electrons. The van der Waals surface area contributed by atoms with Gasteiger partial charge in [0, 0.05) is 6.04 Å².